The Labute approximate surface area is 226 Å². The fraction of sp³-hybridized carbons (Fsp3) is 0.200. The van der Waals surface area contributed by atoms with E-state index in [1.54, 1.807) is 35.7 Å². The van der Waals surface area contributed by atoms with Gasteiger partial charge in [-0.2, -0.15) is 0 Å². The second-order valence-corrected chi connectivity index (χ2v) is 10.3. The number of hydrogen-bond donors (Lipinski definition) is 3. The number of carbonyl (C=O) groups excluding carboxylic acids is 2. The van der Waals surface area contributed by atoms with Gasteiger partial charge in [0.05, 0.1) is 10.6 Å². The molecule has 1 aliphatic carbocycles. The van der Waals surface area contributed by atoms with Crippen molar-refractivity contribution in [1.82, 2.24) is 15.3 Å². The van der Waals surface area contributed by atoms with Gasteiger partial charge in [0.15, 0.2) is 0 Å². The highest BCUT2D eigenvalue weighted by molar-refractivity contribution is 7.14. The first-order valence-corrected chi connectivity index (χ1v) is 13.5. The summed E-state index contributed by atoms with van der Waals surface area (Å²) >= 11 is 1.61. The summed E-state index contributed by atoms with van der Waals surface area (Å²) in [5.74, 6) is 0.205. The Morgan fingerprint density at radius 2 is 1.87 bits per heavy atom. The summed E-state index contributed by atoms with van der Waals surface area (Å²) < 4.78 is 0. The van der Waals surface area contributed by atoms with Crippen molar-refractivity contribution >= 4 is 40.5 Å². The fourth-order valence-corrected chi connectivity index (χ4v) is 5.65. The second-order valence-electron chi connectivity index (χ2n) is 9.16. The Morgan fingerprint density at radius 3 is 2.66 bits per heavy atom. The number of fused-ring (bicyclic) bond motifs is 1. The van der Waals surface area contributed by atoms with E-state index in [4.69, 9.17) is 4.98 Å². The number of anilines is 3. The molecule has 0 radical (unpaired) electrons. The standard InChI is InChI=1S/C30H29N5O2S/c1-3-16-31-28(36)20-11-13-22(14-12-20)33-30-32-17-15-25(35-30)23-8-6-9-24(19(23)2)34-29(37)27-18-21-7-4-5-10-26(21)38-27/h3,6,8-9,11-15,17-18H,1,4-5,7,10,16H2,2H3,(H,31,36)(H,34,37)(H,32,33,35). The molecule has 0 spiro atoms. The van der Waals surface area contributed by atoms with E-state index in [9.17, 15) is 9.59 Å². The molecule has 4 aromatic rings. The molecule has 0 atom stereocenters. The lowest BCUT2D eigenvalue weighted by atomic mass is 9.99. The molecule has 0 bridgehead atoms. The molecule has 0 saturated carbocycles. The summed E-state index contributed by atoms with van der Waals surface area (Å²) in [7, 11) is 0. The number of hydrogen-bond acceptors (Lipinski definition) is 6. The maximum Gasteiger partial charge on any atom is 0.265 e. The van der Waals surface area contributed by atoms with Gasteiger partial charge in [-0.25, -0.2) is 9.97 Å². The minimum atomic E-state index is -0.157. The average Bonchev–Trinajstić information content (AvgIpc) is 3.38. The van der Waals surface area contributed by atoms with Crippen molar-refractivity contribution < 1.29 is 9.59 Å². The van der Waals surface area contributed by atoms with Crippen LogP contribution in [0.1, 0.15) is 48.9 Å². The van der Waals surface area contributed by atoms with Crippen LogP contribution in [-0.2, 0) is 12.8 Å². The van der Waals surface area contributed by atoms with Crippen LogP contribution in [0, 0.1) is 6.92 Å². The maximum absolute atomic E-state index is 13.0. The second kappa shape index (κ2) is 11.4. The monoisotopic (exact) mass is 523 g/mol. The highest BCUT2D eigenvalue weighted by Crippen LogP contribution is 2.32. The van der Waals surface area contributed by atoms with Crippen molar-refractivity contribution in [1.29, 1.82) is 0 Å². The number of aryl methyl sites for hydroxylation is 2. The summed E-state index contributed by atoms with van der Waals surface area (Å²) in [6.07, 6.45) is 7.86. The van der Waals surface area contributed by atoms with Gasteiger partial charge in [0, 0.05) is 40.1 Å². The molecule has 2 aromatic carbocycles. The number of benzene rings is 2. The highest BCUT2D eigenvalue weighted by atomic mass is 32.1. The first-order valence-electron chi connectivity index (χ1n) is 12.6. The van der Waals surface area contributed by atoms with E-state index in [0.29, 0.717) is 18.1 Å². The quantitative estimate of drug-likeness (QED) is 0.235. The van der Waals surface area contributed by atoms with E-state index in [2.05, 4.69) is 33.6 Å². The van der Waals surface area contributed by atoms with Crippen molar-refractivity contribution in [2.75, 3.05) is 17.2 Å². The van der Waals surface area contributed by atoms with Gasteiger partial charge in [0.25, 0.3) is 11.8 Å². The number of thiophene rings is 1. The Bertz CT molecular complexity index is 1470. The third kappa shape index (κ3) is 5.65. The normalized spacial score (nSPS) is 12.3. The van der Waals surface area contributed by atoms with Crippen LogP contribution in [0.3, 0.4) is 0 Å². The van der Waals surface area contributed by atoms with E-state index in [0.717, 1.165) is 45.9 Å². The Kier molecular flexibility index (Phi) is 7.60. The molecule has 1 aliphatic rings. The predicted molar refractivity (Wildman–Crippen MR) is 153 cm³/mol. The number of aromatic nitrogens is 2. The Balaban J connectivity index is 1.31. The van der Waals surface area contributed by atoms with Crippen LogP contribution < -0.4 is 16.0 Å². The summed E-state index contributed by atoms with van der Waals surface area (Å²) in [5.41, 5.74) is 5.99. The summed E-state index contributed by atoms with van der Waals surface area (Å²) in [5, 5.41) is 9.06. The third-order valence-electron chi connectivity index (χ3n) is 6.54. The van der Waals surface area contributed by atoms with Gasteiger partial charge >= 0.3 is 0 Å². The lowest BCUT2D eigenvalue weighted by Crippen LogP contribution is -2.22. The van der Waals surface area contributed by atoms with E-state index >= 15 is 0 Å². The zero-order valence-corrected chi connectivity index (χ0v) is 22.0. The molecule has 5 rings (SSSR count). The van der Waals surface area contributed by atoms with Crippen molar-refractivity contribution in [2.24, 2.45) is 0 Å². The van der Waals surface area contributed by atoms with Gasteiger partial charge < -0.3 is 16.0 Å². The minimum absolute atomic E-state index is 0.0729. The first-order chi connectivity index (χ1) is 18.5. The molecule has 7 nitrogen and oxygen atoms in total. The Hall–Kier alpha value is -4.30. The number of carbonyl (C=O) groups is 2. The largest absolute Gasteiger partial charge is 0.349 e. The Morgan fingerprint density at radius 1 is 1.05 bits per heavy atom. The zero-order valence-electron chi connectivity index (χ0n) is 21.2. The van der Waals surface area contributed by atoms with Crippen LogP contribution in [0.25, 0.3) is 11.3 Å². The van der Waals surface area contributed by atoms with Gasteiger partial charge in [-0.15, -0.1) is 17.9 Å². The lowest BCUT2D eigenvalue weighted by Gasteiger charge is -2.13. The SMILES string of the molecule is C=CCNC(=O)c1ccc(Nc2nccc(-c3cccc(NC(=O)c4cc5c(s4)CCCC5)c3C)n2)cc1. The van der Waals surface area contributed by atoms with Crippen LogP contribution in [-0.4, -0.2) is 28.3 Å². The summed E-state index contributed by atoms with van der Waals surface area (Å²) in [4.78, 5) is 36.3. The zero-order chi connectivity index (χ0) is 26.5. The minimum Gasteiger partial charge on any atom is -0.349 e. The molecule has 38 heavy (non-hydrogen) atoms. The fourth-order valence-electron chi connectivity index (χ4n) is 4.50. The van der Waals surface area contributed by atoms with Crippen molar-refractivity contribution in [2.45, 2.75) is 32.6 Å². The van der Waals surface area contributed by atoms with E-state index in [-0.39, 0.29) is 11.8 Å². The van der Waals surface area contributed by atoms with Crippen molar-refractivity contribution in [3.05, 3.63) is 99.9 Å². The number of amides is 2. The van der Waals surface area contributed by atoms with Gasteiger partial charge in [-0.3, -0.25) is 9.59 Å². The van der Waals surface area contributed by atoms with Crippen LogP contribution in [0.15, 0.2) is 73.4 Å². The van der Waals surface area contributed by atoms with Gasteiger partial charge in [-0.05, 0) is 86.2 Å². The first kappa shape index (κ1) is 25.4. The number of nitrogens with zero attached hydrogens (tertiary/aromatic N) is 2. The van der Waals surface area contributed by atoms with Crippen LogP contribution >= 0.6 is 11.3 Å². The molecule has 2 heterocycles. The van der Waals surface area contributed by atoms with Crippen LogP contribution in [0.5, 0.6) is 0 Å². The molecule has 0 saturated heterocycles. The van der Waals surface area contributed by atoms with E-state index in [1.807, 2.05) is 43.3 Å². The lowest BCUT2D eigenvalue weighted by molar-refractivity contribution is 0.0957. The number of nitrogens with one attached hydrogen (secondary N) is 3. The molecule has 192 valence electrons. The van der Waals surface area contributed by atoms with Crippen LogP contribution in [0.4, 0.5) is 17.3 Å². The molecular formula is C30H29N5O2S. The maximum atomic E-state index is 13.0. The molecular weight excluding hydrogens is 494 g/mol. The predicted octanol–water partition coefficient (Wildman–Crippen LogP) is 6.30. The van der Waals surface area contributed by atoms with Crippen molar-refractivity contribution in [3.63, 3.8) is 0 Å². The highest BCUT2D eigenvalue weighted by Gasteiger charge is 2.18. The topological polar surface area (TPSA) is 96.0 Å². The summed E-state index contributed by atoms with van der Waals surface area (Å²) in [6.45, 7) is 6.00. The molecule has 3 N–H and O–H groups in total. The summed E-state index contributed by atoms with van der Waals surface area (Å²) in [6, 6.07) is 16.8. The van der Waals surface area contributed by atoms with E-state index in [1.165, 1.54) is 23.3 Å². The van der Waals surface area contributed by atoms with Crippen LogP contribution in [0.2, 0.25) is 0 Å². The smallest absolute Gasteiger partial charge is 0.265 e. The molecule has 0 aliphatic heterocycles. The molecule has 0 unspecified atom stereocenters. The van der Waals surface area contributed by atoms with E-state index < -0.39 is 0 Å². The van der Waals surface area contributed by atoms with Gasteiger partial charge in [0.2, 0.25) is 5.95 Å². The van der Waals surface area contributed by atoms with Gasteiger partial charge in [-0.1, -0.05) is 18.2 Å². The van der Waals surface area contributed by atoms with Gasteiger partial charge in [0.1, 0.15) is 0 Å². The molecule has 0 fully saturated rings. The third-order valence-corrected chi connectivity index (χ3v) is 7.78. The van der Waals surface area contributed by atoms with Crippen molar-refractivity contribution in [3.8, 4) is 11.3 Å². The molecule has 8 heteroatoms. The molecule has 2 aromatic heterocycles. The molecule has 2 amide bonds. The number of rotatable bonds is 8. The average molecular weight is 524 g/mol.